The summed E-state index contributed by atoms with van der Waals surface area (Å²) in [4.78, 5) is 0. The third-order valence-corrected chi connectivity index (χ3v) is 13.9. The summed E-state index contributed by atoms with van der Waals surface area (Å²) in [7, 11) is 0. The van der Waals surface area contributed by atoms with Crippen LogP contribution in [0, 0.1) is 0 Å². The fourth-order valence-corrected chi connectivity index (χ4v) is 11.6. The van der Waals surface area contributed by atoms with E-state index in [1.165, 1.54) is 103 Å². The molecule has 0 radical (unpaired) electrons. The predicted molar refractivity (Wildman–Crippen MR) is 245 cm³/mol. The van der Waals surface area contributed by atoms with Gasteiger partial charge in [0.25, 0.3) is 0 Å². The van der Waals surface area contributed by atoms with Gasteiger partial charge in [-0.25, -0.2) is 0 Å². The van der Waals surface area contributed by atoms with Gasteiger partial charge >= 0.3 is 0 Å². The van der Waals surface area contributed by atoms with Crippen molar-refractivity contribution in [1.29, 1.82) is 0 Å². The number of nitrogens with zero attached hydrogens (tertiary/aromatic N) is 2. The first-order chi connectivity index (χ1) is 28.8. The van der Waals surface area contributed by atoms with Crippen LogP contribution in [0.2, 0.25) is 0 Å². The first-order valence-electron chi connectivity index (χ1n) is 20.0. The average Bonchev–Trinajstić information content (AvgIpc) is 4.02. The van der Waals surface area contributed by atoms with E-state index in [1.54, 1.807) is 0 Å². The van der Waals surface area contributed by atoms with Gasteiger partial charge in [-0.3, -0.25) is 0 Å². The molecule has 9 aromatic carbocycles. The first-order valence-corrected chi connectivity index (χ1v) is 20.8. The molecule has 1 aliphatic rings. The molecule has 0 saturated heterocycles. The fourth-order valence-electron chi connectivity index (χ4n) is 10.5. The quantitative estimate of drug-likeness (QED) is 0.169. The Hall–Kier alpha value is -7.20. The van der Waals surface area contributed by atoms with E-state index in [9.17, 15) is 0 Å². The monoisotopic (exact) mass is 754 g/mol. The number of hydrogen-bond acceptors (Lipinski definition) is 1. The van der Waals surface area contributed by atoms with Crippen molar-refractivity contribution in [1.82, 2.24) is 9.13 Å². The van der Waals surface area contributed by atoms with Gasteiger partial charge in [0.2, 0.25) is 0 Å². The minimum Gasteiger partial charge on any atom is -0.309 e. The lowest BCUT2D eigenvalue weighted by atomic mass is 9.67. The second-order valence-electron chi connectivity index (χ2n) is 15.6. The third kappa shape index (κ3) is 4.16. The molecule has 0 amide bonds. The summed E-state index contributed by atoms with van der Waals surface area (Å²) in [5.74, 6) is 0. The summed E-state index contributed by atoms with van der Waals surface area (Å²) >= 11 is 1.87. The van der Waals surface area contributed by atoms with Gasteiger partial charge in [0.05, 0.1) is 33.2 Å². The van der Waals surface area contributed by atoms with Crippen molar-refractivity contribution in [3.8, 4) is 22.5 Å². The molecule has 2 nitrogen and oxygen atoms in total. The molecule has 1 aliphatic carbocycles. The summed E-state index contributed by atoms with van der Waals surface area (Å²) < 4.78 is 7.58. The highest BCUT2D eigenvalue weighted by Crippen LogP contribution is 2.56. The van der Waals surface area contributed by atoms with Crippen LogP contribution in [0.3, 0.4) is 0 Å². The third-order valence-electron chi connectivity index (χ3n) is 12.8. The van der Waals surface area contributed by atoms with Gasteiger partial charge in [0, 0.05) is 47.4 Å². The molecule has 0 aliphatic heterocycles. The Bertz CT molecular complexity index is 3590. The Morgan fingerprint density at radius 3 is 1.66 bits per heavy atom. The summed E-state index contributed by atoms with van der Waals surface area (Å²) in [6.07, 6.45) is 0. The molecule has 0 saturated carbocycles. The van der Waals surface area contributed by atoms with Gasteiger partial charge in [0.15, 0.2) is 0 Å². The molecule has 0 unspecified atom stereocenters. The Morgan fingerprint density at radius 1 is 0.345 bits per heavy atom. The van der Waals surface area contributed by atoms with Crippen LogP contribution in [0.25, 0.3) is 86.3 Å². The van der Waals surface area contributed by atoms with Crippen LogP contribution in [-0.2, 0) is 5.41 Å². The number of benzene rings is 9. The van der Waals surface area contributed by atoms with Crippen LogP contribution in [0.15, 0.2) is 206 Å². The van der Waals surface area contributed by atoms with E-state index in [1.807, 2.05) is 11.3 Å². The highest BCUT2D eigenvalue weighted by molar-refractivity contribution is 7.25. The lowest BCUT2D eigenvalue weighted by Crippen LogP contribution is -2.28. The van der Waals surface area contributed by atoms with Crippen LogP contribution in [-0.4, -0.2) is 9.13 Å². The lowest BCUT2D eigenvalue weighted by molar-refractivity contribution is 0.770. The Kier molecular flexibility index (Phi) is 6.56. The molecule has 0 atom stereocenters. The van der Waals surface area contributed by atoms with Crippen LogP contribution in [0.5, 0.6) is 0 Å². The minimum atomic E-state index is -0.455. The zero-order valence-electron chi connectivity index (χ0n) is 31.4. The van der Waals surface area contributed by atoms with Crippen molar-refractivity contribution in [3.05, 3.63) is 229 Å². The predicted octanol–water partition coefficient (Wildman–Crippen LogP) is 14.6. The average molecular weight is 755 g/mol. The molecule has 12 aromatic rings. The molecule has 0 fully saturated rings. The topological polar surface area (TPSA) is 9.86 Å². The Balaban J connectivity index is 1.06. The fraction of sp³-hybridized carbons (Fsp3) is 0.0182. The van der Waals surface area contributed by atoms with Gasteiger partial charge in [-0.05, 0) is 94.0 Å². The molecular weight excluding hydrogens is 721 g/mol. The number of hydrogen-bond donors (Lipinski definition) is 0. The molecule has 0 bridgehead atoms. The van der Waals surface area contributed by atoms with Crippen LogP contribution < -0.4 is 0 Å². The molecule has 13 rings (SSSR count). The van der Waals surface area contributed by atoms with Crippen molar-refractivity contribution >= 4 is 75.1 Å². The summed E-state index contributed by atoms with van der Waals surface area (Å²) in [5.41, 5.74) is 14.6. The summed E-state index contributed by atoms with van der Waals surface area (Å²) in [5, 5.41) is 7.62. The molecule has 3 aromatic heterocycles. The first kappa shape index (κ1) is 31.9. The second kappa shape index (κ2) is 11.9. The van der Waals surface area contributed by atoms with Crippen molar-refractivity contribution in [3.63, 3.8) is 0 Å². The Labute approximate surface area is 339 Å². The lowest BCUT2D eigenvalue weighted by Gasteiger charge is -2.34. The number of thiophene rings is 1. The SMILES string of the molecule is c1ccc(C2(c3ccc4c(c3)c3ccccc3n4-c3ccc4c(c3)c3ccccc3n4-c3cccc4sc5ccccc5c34)c3ccccc3-c3ccccc32)cc1. The van der Waals surface area contributed by atoms with Crippen molar-refractivity contribution in [2.24, 2.45) is 0 Å². The van der Waals surface area contributed by atoms with Crippen molar-refractivity contribution in [2.75, 3.05) is 0 Å². The maximum Gasteiger partial charge on any atom is 0.0713 e. The van der Waals surface area contributed by atoms with Crippen molar-refractivity contribution in [2.45, 2.75) is 5.41 Å². The van der Waals surface area contributed by atoms with Gasteiger partial charge in [0.1, 0.15) is 0 Å². The number of para-hydroxylation sites is 2. The van der Waals surface area contributed by atoms with Gasteiger partial charge in [-0.15, -0.1) is 11.3 Å². The van der Waals surface area contributed by atoms with Crippen LogP contribution in [0.4, 0.5) is 0 Å². The zero-order valence-corrected chi connectivity index (χ0v) is 32.2. The number of rotatable bonds is 4. The highest BCUT2D eigenvalue weighted by Gasteiger charge is 2.46. The normalized spacial score (nSPS) is 13.3. The number of fused-ring (bicyclic) bond motifs is 12. The molecule has 0 spiro atoms. The van der Waals surface area contributed by atoms with E-state index < -0.39 is 5.41 Å². The largest absolute Gasteiger partial charge is 0.309 e. The molecule has 58 heavy (non-hydrogen) atoms. The number of aromatic nitrogens is 2. The molecular formula is C55H34N2S. The second-order valence-corrected chi connectivity index (χ2v) is 16.7. The van der Waals surface area contributed by atoms with E-state index in [4.69, 9.17) is 0 Å². The van der Waals surface area contributed by atoms with Gasteiger partial charge < -0.3 is 9.13 Å². The highest BCUT2D eigenvalue weighted by atomic mass is 32.1. The van der Waals surface area contributed by atoms with E-state index in [0.29, 0.717) is 0 Å². The van der Waals surface area contributed by atoms with E-state index in [-0.39, 0.29) is 0 Å². The van der Waals surface area contributed by atoms with Gasteiger partial charge in [-0.2, -0.15) is 0 Å². The van der Waals surface area contributed by atoms with E-state index in [2.05, 4.69) is 215 Å². The molecule has 0 N–H and O–H groups in total. The maximum absolute atomic E-state index is 2.48. The minimum absolute atomic E-state index is 0.455. The zero-order chi connectivity index (χ0) is 38.0. The van der Waals surface area contributed by atoms with E-state index in [0.717, 1.165) is 5.69 Å². The molecule has 3 heterocycles. The maximum atomic E-state index is 2.48. The van der Waals surface area contributed by atoms with Crippen LogP contribution >= 0.6 is 11.3 Å². The van der Waals surface area contributed by atoms with Crippen molar-refractivity contribution < 1.29 is 0 Å². The van der Waals surface area contributed by atoms with Gasteiger partial charge in [-0.1, -0.05) is 146 Å². The summed E-state index contributed by atoms with van der Waals surface area (Å²) in [6.45, 7) is 0. The van der Waals surface area contributed by atoms with Crippen LogP contribution in [0.1, 0.15) is 22.3 Å². The standard InChI is InChI=1S/C55H34N2S/c1-2-15-35(16-3-1)55(45-22-9-4-17-38(45)39-18-5-10-23-46(39)55)36-29-31-49-43(33-36)40-19-6-11-24-47(40)56(49)37-30-32-50-44(34-37)41-20-7-12-25-48(41)57(50)51-26-14-28-53-54(51)42-21-8-13-27-52(42)58-53/h1-34H. The molecule has 270 valence electrons. The Morgan fingerprint density at radius 2 is 0.897 bits per heavy atom. The molecule has 3 heteroatoms. The summed E-state index contributed by atoms with van der Waals surface area (Å²) in [6, 6.07) is 76.8. The van der Waals surface area contributed by atoms with E-state index >= 15 is 0 Å². The smallest absolute Gasteiger partial charge is 0.0713 e.